The van der Waals surface area contributed by atoms with Crippen LogP contribution in [-0.2, 0) is 19.3 Å². The van der Waals surface area contributed by atoms with Crippen molar-refractivity contribution in [1.29, 1.82) is 0 Å². The highest BCUT2D eigenvalue weighted by Crippen LogP contribution is 2.42. The van der Waals surface area contributed by atoms with E-state index in [9.17, 15) is 18.0 Å². The van der Waals surface area contributed by atoms with Crippen molar-refractivity contribution in [2.75, 3.05) is 0 Å². The van der Waals surface area contributed by atoms with Crippen LogP contribution in [0.2, 0.25) is 0 Å². The molecule has 0 bridgehead atoms. The first-order chi connectivity index (χ1) is 15.4. The number of H-pyrrole nitrogens is 1. The van der Waals surface area contributed by atoms with Gasteiger partial charge in [-0.3, -0.25) is 4.79 Å². The van der Waals surface area contributed by atoms with Crippen LogP contribution >= 0.6 is 0 Å². The number of benzene rings is 2. The monoisotopic (exact) mass is 438 g/mol. The maximum atomic E-state index is 12.9. The number of alkyl halides is 3. The van der Waals surface area contributed by atoms with Crippen molar-refractivity contribution in [1.82, 2.24) is 20.1 Å². The lowest BCUT2D eigenvalue weighted by molar-refractivity contribution is -0.137. The zero-order chi connectivity index (χ0) is 22.3. The van der Waals surface area contributed by atoms with Gasteiger partial charge in [-0.15, -0.1) is 0 Å². The summed E-state index contributed by atoms with van der Waals surface area (Å²) in [6, 6.07) is 16.7. The number of hydrogen-bond acceptors (Lipinski definition) is 3. The number of aromatic nitrogens is 3. The zero-order valence-corrected chi connectivity index (χ0v) is 17.1. The second-order valence-corrected chi connectivity index (χ2v) is 8.09. The number of rotatable bonds is 6. The molecule has 1 aliphatic rings. The molecular weight excluding hydrogens is 417 g/mol. The Labute approximate surface area is 181 Å². The van der Waals surface area contributed by atoms with Crippen LogP contribution in [0.1, 0.15) is 41.1 Å². The van der Waals surface area contributed by atoms with Gasteiger partial charge in [0.1, 0.15) is 5.65 Å². The first kappa shape index (κ1) is 20.5. The van der Waals surface area contributed by atoms with Crippen molar-refractivity contribution in [2.24, 2.45) is 0 Å². The molecule has 32 heavy (non-hydrogen) atoms. The summed E-state index contributed by atoms with van der Waals surface area (Å²) in [7, 11) is 0. The van der Waals surface area contributed by atoms with Crippen molar-refractivity contribution in [3.63, 3.8) is 0 Å². The largest absolute Gasteiger partial charge is 0.416 e. The van der Waals surface area contributed by atoms with E-state index in [-0.39, 0.29) is 18.6 Å². The van der Waals surface area contributed by atoms with E-state index >= 15 is 0 Å². The van der Waals surface area contributed by atoms with Gasteiger partial charge in [0.05, 0.1) is 16.9 Å². The topological polar surface area (TPSA) is 62.7 Å². The summed E-state index contributed by atoms with van der Waals surface area (Å²) in [5.41, 5.74) is 2.61. The lowest BCUT2D eigenvalue weighted by Crippen LogP contribution is -2.21. The van der Waals surface area contributed by atoms with Crippen molar-refractivity contribution >= 4 is 11.0 Å². The van der Waals surface area contributed by atoms with E-state index in [1.807, 2.05) is 36.4 Å². The molecule has 0 saturated heterocycles. The maximum absolute atomic E-state index is 12.9. The van der Waals surface area contributed by atoms with Gasteiger partial charge in [0.15, 0.2) is 0 Å². The summed E-state index contributed by atoms with van der Waals surface area (Å²) in [5.74, 6) is 0.388. The molecule has 0 radical (unpaired) electrons. The molecule has 5 rings (SSSR count). The summed E-state index contributed by atoms with van der Waals surface area (Å²) >= 11 is 0. The minimum Gasteiger partial charge on any atom is -0.308 e. The molecule has 164 valence electrons. The predicted octanol–water partition coefficient (Wildman–Crippen LogP) is 4.90. The van der Waals surface area contributed by atoms with Crippen LogP contribution in [-0.4, -0.2) is 14.8 Å². The fourth-order valence-corrected chi connectivity index (χ4v) is 3.88. The van der Waals surface area contributed by atoms with E-state index < -0.39 is 11.7 Å². The van der Waals surface area contributed by atoms with E-state index in [0.29, 0.717) is 22.7 Å². The summed E-state index contributed by atoms with van der Waals surface area (Å²) in [5, 5.41) is 8.78. The Morgan fingerprint density at radius 1 is 1.03 bits per heavy atom. The van der Waals surface area contributed by atoms with Gasteiger partial charge in [0.25, 0.3) is 5.56 Å². The average Bonchev–Trinajstić information content (AvgIpc) is 3.56. The SMILES string of the molecule is O=c1[nH]c2c(cc1CNCc1cccc(C(F)(F)F)c1)c(C1CC1)nn2-c1ccccc1. The Hall–Kier alpha value is -3.39. The lowest BCUT2D eigenvalue weighted by atomic mass is 10.1. The molecule has 2 heterocycles. The maximum Gasteiger partial charge on any atom is 0.416 e. The molecule has 0 aliphatic heterocycles. The summed E-state index contributed by atoms with van der Waals surface area (Å²) in [4.78, 5) is 15.7. The van der Waals surface area contributed by atoms with Gasteiger partial charge in [-0.25, -0.2) is 4.68 Å². The van der Waals surface area contributed by atoms with Gasteiger partial charge < -0.3 is 10.3 Å². The zero-order valence-electron chi connectivity index (χ0n) is 17.1. The van der Waals surface area contributed by atoms with Gasteiger partial charge in [-0.2, -0.15) is 18.3 Å². The molecule has 2 aromatic heterocycles. The molecule has 0 unspecified atom stereocenters. The Morgan fingerprint density at radius 3 is 2.53 bits per heavy atom. The van der Waals surface area contributed by atoms with E-state index in [0.717, 1.165) is 41.7 Å². The van der Waals surface area contributed by atoms with Crippen LogP contribution < -0.4 is 10.9 Å². The van der Waals surface area contributed by atoms with E-state index in [4.69, 9.17) is 5.10 Å². The van der Waals surface area contributed by atoms with Gasteiger partial charge in [0.2, 0.25) is 0 Å². The first-order valence-corrected chi connectivity index (χ1v) is 10.5. The Morgan fingerprint density at radius 2 is 1.81 bits per heavy atom. The minimum atomic E-state index is -4.38. The third kappa shape index (κ3) is 4.05. The highest BCUT2D eigenvalue weighted by atomic mass is 19.4. The van der Waals surface area contributed by atoms with Crippen LogP contribution in [0.15, 0.2) is 65.5 Å². The molecule has 0 atom stereocenters. The molecule has 0 spiro atoms. The van der Waals surface area contributed by atoms with Crippen molar-refractivity contribution in [3.8, 4) is 5.69 Å². The van der Waals surface area contributed by atoms with Crippen LogP contribution in [0.25, 0.3) is 16.7 Å². The van der Waals surface area contributed by atoms with Gasteiger partial charge in [-0.05, 0) is 42.7 Å². The van der Waals surface area contributed by atoms with Crippen LogP contribution in [0, 0.1) is 0 Å². The molecule has 0 amide bonds. The number of nitrogens with zero attached hydrogens (tertiary/aromatic N) is 2. The number of nitrogens with one attached hydrogen (secondary N) is 2. The molecular formula is C24H21F3N4O. The lowest BCUT2D eigenvalue weighted by Gasteiger charge is -2.10. The second-order valence-electron chi connectivity index (χ2n) is 8.09. The third-order valence-electron chi connectivity index (χ3n) is 5.66. The van der Waals surface area contributed by atoms with Gasteiger partial charge >= 0.3 is 6.18 Å². The van der Waals surface area contributed by atoms with Crippen LogP contribution in [0.4, 0.5) is 13.2 Å². The molecule has 1 aliphatic carbocycles. The van der Waals surface area contributed by atoms with Gasteiger partial charge in [0, 0.05) is 30.0 Å². The molecule has 4 aromatic rings. The molecule has 8 heteroatoms. The van der Waals surface area contributed by atoms with Crippen molar-refractivity contribution < 1.29 is 13.2 Å². The Kier molecular flexibility index (Phi) is 5.09. The van der Waals surface area contributed by atoms with E-state index in [1.54, 1.807) is 10.7 Å². The van der Waals surface area contributed by atoms with E-state index in [2.05, 4.69) is 10.3 Å². The van der Waals surface area contributed by atoms with E-state index in [1.165, 1.54) is 6.07 Å². The Balaban J connectivity index is 1.41. The predicted molar refractivity (Wildman–Crippen MR) is 116 cm³/mol. The summed E-state index contributed by atoms with van der Waals surface area (Å²) in [6.45, 7) is 0.461. The fraction of sp³-hybridized carbons (Fsp3) is 0.250. The standard InChI is InChI=1S/C24H21F3N4O/c25-24(26,27)18-6-4-5-15(11-18)13-28-14-17-12-20-21(16-9-10-16)30-31(22(20)29-23(17)32)19-7-2-1-3-8-19/h1-8,11-12,16,28H,9-10,13-14H2,(H,29,32). The summed E-state index contributed by atoms with van der Waals surface area (Å²) < 4.78 is 40.5. The normalized spacial score (nSPS) is 14.2. The molecule has 1 saturated carbocycles. The number of fused-ring (bicyclic) bond motifs is 1. The van der Waals surface area contributed by atoms with Gasteiger partial charge in [-0.1, -0.05) is 36.4 Å². The number of halogens is 3. The van der Waals surface area contributed by atoms with Crippen molar-refractivity contribution in [3.05, 3.63) is 93.4 Å². The summed E-state index contributed by atoms with van der Waals surface area (Å²) in [6.07, 6.45) is -2.23. The fourth-order valence-electron chi connectivity index (χ4n) is 3.88. The number of pyridine rings is 1. The average molecular weight is 438 g/mol. The van der Waals surface area contributed by atoms with Crippen LogP contribution in [0.3, 0.4) is 0 Å². The Bertz CT molecular complexity index is 1320. The molecule has 2 N–H and O–H groups in total. The number of aromatic amines is 1. The van der Waals surface area contributed by atoms with Crippen molar-refractivity contribution in [2.45, 2.75) is 38.0 Å². The smallest absolute Gasteiger partial charge is 0.308 e. The second kappa shape index (κ2) is 7.94. The highest BCUT2D eigenvalue weighted by Gasteiger charge is 2.31. The molecule has 5 nitrogen and oxygen atoms in total. The molecule has 1 fully saturated rings. The first-order valence-electron chi connectivity index (χ1n) is 10.5. The number of para-hydroxylation sites is 1. The third-order valence-corrected chi connectivity index (χ3v) is 5.66. The quantitative estimate of drug-likeness (QED) is 0.450. The van der Waals surface area contributed by atoms with Crippen LogP contribution in [0.5, 0.6) is 0 Å². The highest BCUT2D eigenvalue weighted by molar-refractivity contribution is 5.81. The molecule has 2 aromatic carbocycles. The minimum absolute atomic E-state index is 0.222. The number of hydrogen-bond donors (Lipinski definition) is 2.